The van der Waals surface area contributed by atoms with Gasteiger partial charge in [-0.05, 0) is 31.5 Å². The van der Waals surface area contributed by atoms with Crippen LogP contribution in [-0.4, -0.2) is 37.4 Å². The number of nitrogens with two attached hydrogens (primary N) is 1. The van der Waals surface area contributed by atoms with Crippen molar-refractivity contribution in [3.8, 4) is 0 Å². The molecule has 0 aliphatic carbocycles. The van der Waals surface area contributed by atoms with Gasteiger partial charge in [0.15, 0.2) is 5.78 Å². The minimum Gasteiger partial charge on any atom is -0.324 e. The average molecular weight is 218 g/mol. The smallest absolute Gasteiger partial charge is 0.176 e. The summed E-state index contributed by atoms with van der Waals surface area (Å²) in [6.07, 6.45) is 1.13. The first-order chi connectivity index (χ1) is 7.72. The first-order valence-electron chi connectivity index (χ1n) is 5.73. The quantitative estimate of drug-likeness (QED) is 0.777. The highest BCUT2D eigenvalue weighted by Gasteiger charge is 2.24. The molecule has 1 heterocycles. The van der Waals surface area contributed by atoms with Crippen LogP contribution in [0.15, 0.2) is 24.3 Å². The van der Waals surface area contributed by atoms with Crippen LogP contribution in [0.4, 0.5) is 0 Å². The van der Waals surface area contributed by atoms with Crippen molar-refractivity contribution in [3.63, 3.8) is 0 Å². The van der Waals surface area contributed by atoms with E-state index in [4.69, 9.17) is 5.73 Å². The summed E-state index contributed by atoms with van der Waals surface area (Å²) in [5.41, 5.74) is 7.42. The van der Waals surface area contributed by atoms with Crippen LogP contribution in [0.3, 0.4) is 0 Å². The number of nitrogens with zero attached hydrogens (tertiary/aromatic N) is 1. The van der Waals surface area contributed by atoms with Crippen LogP contribution >= 0.6 is 0 Å². The predicted molar refractivity (Wildman–Crippen MR) is 64.7 cm³/mol. The number of hydrogen-bond donors (Lipinski definition) is 1. The third kappa shape index (κ3) is 2.15. The first-order valence-corrected chi connectivity index (χ1v) is 5.73. The number of likely N-dealkylation sites (tertiary alicyclic amines) is 1. The third-order valence-electron chi connectivity index (χ3n) is 3.28. The SMILES string of the molecule is CN1CCC(c2ccccc2C(=O)CN)C1. The lowest BCUT2D eigenvalue weighted by atomic mass is 9.91. The third-order valence-corrected chi connectivity index (χ3v) is 3.28. The van der Waals surface area contributed by atoms with Gasteiger partial charge in [-0.1, -0.05) is 24.3 Å². The second-order valence-corrected chi connectivity index (χ2v) is 4.46. The van der Waals surface area contributed by atoms with E-state index >= 15 is 0 Å². The van der Waals surface area contributed by atoms with Gasteiger partial charge in [-0.3, -0.25) is 4.79 Å². The Morgan fingerprint density at radius 2 is 2.25 bits per heavy atom. The van der Waals surface area contributed by atoms with Crippen LogP contribution in [0, 0.1) is 0 Å². The van der Waals surface area contributed by atoms with Gasteiger partial charge >= 0.3 is 0 Å². The molecule has 0 amide bonds. The molecule has 1 atom stereocenters. The molecule has 1 aliphatic heterocycles. The predicted octanol–water partition coefficient (Wildman–Crippen LogP) is 1.25. The molecule has 1 aliphatic rings. The van der Waals surface area contributed by atoms with E-state index in [1.807, 2.05) is 18.2 Å². The highest BCUT2D eigenvalue weighted by molar-refractivity contribution is 5.99. The summed E-state index contributed by atoms with van der Waals surface area (Å²) in [6.45, 7) is 2.24. The van der Waals surface area contributed by atoms with Crippen LogP contribution in [0.25, 0.3) is 0 Å². The zero-order chi connectivity index (χ0) is 11.5. The zero-order valence-electron chi connectivity index (χ0n) is 9.65. The second kappa shape index (κ2) is 4.76. The van der Waals surface area contributed by atoms with E-state index in [2.05, 4.69) is 18.0 Å². The lowest BCUT2D eigenvalue weighted by molar-refractivity contribution is 0.1000. The van der Waals surface area contributed by atoms with Crippen molar-refractivity contribution in [1.82, 2.24) is 4.90 Å². The molecule has 0 radical (unpaired) electrons. The standard InChI is InChI=1S/C13H18N2O/c1-15-7-6-10(9-15)11-4-2-3-5-12(11)13(16)8-14/h2-5,10H,6-9,14H2,1H3. The maximum atomic E-state index is 11.7. The molecular weight excluding hydrogens is 200 g/mol. The van der Waals surface area contributed by atoms with Gasteiger partial charge in [0, 0.05) is 12.1 Å². The van der Waals surface area contributed by atoms with Gasteiger partial charge in [-0.25, -0.2) is 0 Å². The fraction of sp³-hybridized carbons (Fsp3) is 0.462. The molecule has 1 unspecified atom stereocenters. The van der Waals surface area contributed by atoms with Gasteiger partial charge in [0.2, 0.25) is 0 Å². The summed E-state index contributed by atoms with van der Waals surface area (Å²) >= 11 is 0. The van der Waals surface area contributed by atoms with E-state index in [9.17, 15) is 4.79 Å². The van der Waals surface area contributed by atoms with Gasteiger partial charge < -0.3 is 10.6 Å². The summed E-state index contributed by atoms with van der Waals surface area (Å²) in [5, 5.41) is 0. The number of carbonyl (C=O) groups is 1. The number of Topliss-reactive ketones (excluding diaryl/α,β-unsaturated/α-hetero) is 1. The highest BCUT2D eigenvalue weighted by Crippen LogP contribution is 2.28. The van der Waals surface area contributed by atoms with Crippen LogP contribution in [-0.2, 0) is 0 Å². The lowest BCUT2D eigenvalue weighted by Gasteiger charge is -2.14. The largest absolute Gasteiger partial charge is 0.324 e. The second-order valence-electron chi connectivity index (χ2n) is 4.46. The van der Waals surface area contributed by atoms with Crippen molar-refractivity contribution in [2.45, 2.75) is 12.3 Å². The Balaban J connectivity index is 2.29. The van der Waals surface area contributed by atoms with E-state index in [1.54, 1.807) is 0 Å². The summed E-state index contributed by atoms with van der Waals surface area (Å²) in [5.74, 6) is 0.529. The Morgan fingerprint density at radius 3 is 2.88 bits per heavy atom. The van der Waals surface area contributed by atoms with E-state index in [1.165, 1.54) is 5.56 Å². The van der Waals surface area contributed by atoms with Gasteiger partial charge in [-0.15, -0.1) is 0 Å². The van der Waals surface area contributed by atoms with Gasteiger partial charge in [0.1, 0.15) is 0 Å². The number of rotatable bonds is 3. The highest BCUT2D eigenvalue weighted by atomic mass is 16.1. The van der Waals surface area contributed by atoms with E-state index < -0.39 is 0 Å². The number of benzene rings is 1. The monoisotopic (exact) mass is 218 g/mol. The molecule has 0 aromatic heterocycles. The van der Waals surface area contributed by atoms with Gasteiger partial charge in [-0.2, -0.15) is 0 Å². The molecular formula is C13H18N2O. The Morgan fingerprint density at radius 1 is 1.50 bits per heavy atom. The van der Waals surface area contributed by atoms with Crippen molar-refractivity contribution >= 4 is 5.78 Å². The molecule has 0 bridgehead atoms. The number of carbonyl (C=O) groups excluding carboxylic acids is 1. The molecule has 3 heteroatoms. The molecule has 2 N–H and O–H groups in total. The van der Waals surface area contributed by atoms with E-state index in [0.29, 0.717) is 5.92 Å². The molecule has 0 saturated carbocycles. The molecule has 3 nitrogen and oxygen atoms in total. The van der Waals surface area contributed by atoms with Crippen molar-refractivity contribution in [2.75, 3.05) is 26.7 Å². The van der Waals surface area contributed by atoms with E-state index in [0.717, 1.165) is 25.1 Å². The fourth-order valence-electron chi connectivity index (χ4n) is 2.41. The minimum absolute atomic E-state index is 0.0464. The van der Waals surface area contributed by atoms with Crippen LogP contribution in [0.5, 0.6) is 0 Å². The van der Waals surface area contributed by atoms with Gasteiger partial charge in [0.05, 0.1) is 6.54 Å². The molecule has 1 aromatic carbocycles. The Hall–Kier alpha value is -1.19. The van der Waals surface area contributed by atoms with Crippen molar-refractivity contribution in [3.05, 3.63) is 35.4 Å². The summed E-state index contributed by atoms with van der Waals surface area (Å²) in [4.78, 5) is 14.0. The summed E-state index contributed by atoms with van der Waals surface area (Å²) in [6, 6.07) is 7.86. The molecule has 16 heavy (non-hydrogen) atoms. The van der Waals surface area contributed by atoms with Gasteiger partial charge in [0.25, 0.3) is 0 Å². The van der Waals surface area contributed by atoms with Crippen LogP contribution in [0.2, 0.25) is 0 Å². The Labute approximate surface area is 96.2 Å². The number of likely N-dealkylation sites (N-methyl/N-ethyl adjacent to an activating group) is 1. The maximum absolute atomic E-state index is 11.7. The fourth-order valence-corrected chi connectivity index (χ4v) is 2.41. The zero-order valence-corrected chi connectivity index (χ0v) is 9.65. The molecule has 1 aromatic rings. The molecule has 1 saturated heterocycles. The molecule has 86 valence electrons. The minimum atomic E-state index is 0.0464. The lowest BCUT2D eigenvalue weighted by Crippen LogP contribution is -2.18. The molecule has 0 spiro atoms. The van der Waals surface area contributed by atoms with E-state index in [-0.39, 0.29) is 12.3 Å². The van der Waals surface area contributed by atoms with Crippen molar-refractivity contribution in [1.29, 1.82) is 0 Å². The Kier molecular flexibility index (Phi) is 3.36. The first kappa shape index (κ1) is 11.3. The molecule has 2 rings (SSSR count). The number of hydrogen-bond acceptors (Lipinski definition) is 3. The maximum Gasteiger partial charge on any atom is 0.176 e. The molecule has 1 fully saturated rings. The van der Waals surface area contributed by atoms with Crippen molar-refractivity contribution < 1.29 is 4.79 Å². The van der Waals surface area contributed by atoms with Crippen LogP contribution < -0.4 is 5.73 Å². The number of ketones is 1. The van der Waals surface area contributed by atoms with Crippen LogP contribution in [0.1, 0.15) is 28.3 Å². The van der Waals surface area contributed by atoms with Crippen molar-refractivity contribution in [2.24, 2.45) is 5.73 Å². The summed E-state index contributed by atoms with van der Waals surface area (Å²) < 4.78 is 0. The Bertz CT molecular complexity index is 389. The normalized spacial score (nSPS) is 21.2. The topological polar surface area (TPSA) is 46.3 Å². The average Bonchev–Trinajstić information content (AvgIpc) is 2.75. The summed E-state index contributed by atoms with van der Waals surface area (Å²) in [7, 11) is 2.12.